The molecule has 8 heteroatoms. The summed E-state index contributed by atoms with van der Waals surface area (Å²) >= 11 is 6.28. The monoisotopic (exact) mass is 426 g/mol. The molecule has 1 N–H and O–H groups in total. The Morgan fingerprint density at radius 2 is 2.00 bits per heavy atom. The minimum absolute atomic E-state index is 0.0533. The number of amides is 1. The highest BCUT2D eigenvalue weighted by Crippen LogP contribution is 2.36. The number of hydrogen-bond donors (Lipinski definition) is 1. The molecule has 1 saturated carbocycles. The fourth-order valence-corrected chi connectivity index (χ4v) is 3.73. The number of halogens is 3. The van der Waals surface area contributed by atoms with Crippen molar-refractivity contribution in [3.05, 3.63) is 34.9 Å². The summed E-state index contributed by atoms with van der Waals surface area (Å²) in [6, 6.07) is 6.82. The molecule has 0 atom stereocenters. The smallest absolute Gasteiger partial charge is 0.253 e. The van der Waals surface area contributed by atoms with Crippen LogP contribution < -0.4 is 10.1 Å². The van der Waals surface area contributed by atoms with E-state index < -0.39 is 5.92 Å². The molecule has 1 aromatic carbocycles. The topological polar surface area (TPSA) is 60.5 Å². The lowest BCUT2D eigenvalue weighted by atomic mass is 9.87. The lowest BCUT2D eigenvalue weighted by Crippen LogP contribution is -2.34. The summed E-state index contributed by atoms with van der Waals surface area (Å²) in [6.45, 7) is 1.44. The maximum absolute atomic E-state index is 13.3. The van der Waals surface area contributed by atoms with Gasteiger partial charge in [-0.05, 0) is 37.0 Å². The van der Waals surface area contributed by atoms with Crippen LogP contribution in [0.15, 0.2) is 24.3 Å². The summed E-state index contributed by atoms with van der Waals surface area (Å²) in [7, 11) is 1.63. The summed E-state index contributed by atoms with van der Waals surface area (Å²) < 4.78 is 37.2. The second-order valence-electron chi connectivity index (χ2n) is 7.34. The number of nitrogens with one attached hydrogen (secondary N) is 1. The largest absolute Gasteiger partial charge is 0.478 e. The zero-order valence-corrected chi connectivity index (χ0v) is 17.1. The summed E-state index contributed by atoms with van der Waals surface area (Å²) in [5, 5.41) is 3.79. The Bertz CT molecular complexity index is 853. The molecule has 0 radical (unpaired) electrons. The zero-order valence-electron chi connectivity index (χ0n) is 16.3. The van der Waals surface area contributed by atoms with Crippen LogP contribution in [-0.2, 0) is 4.74 Å². The van der Waals surface area contributed by atoms with Crippen molar-refractivity contribution in [3.63, 3.8) is 0 Å². The molecule has 2 aromatic rings. The molecule has 1 heterocycles. The second kappa shape index (κ2) is 9.67. The average Bonchev–Trinajstić information content (AvgIpc) is 2.70. The molecule has 1 aromatic heterocycles. The van der Waals surface area contributed by atoms with Crippen LogP contribution in [0.25, 0.3) is 10.9 Å². The van der Waals surface area contributed by atoms with Crippen molar-refractivity contribution in [1.82, 2.24) is 10.3 Å². The standard InChI is InChI=1S/C21H25ClF2N2O3/c1-28-11-2-12-29-18-6-3-15-17(26-18)5-4-16(22)19(15)20(27)25-13-14-7-9-21(23,24)10-8-14/h3-6,14H,2,7-13H2,1H3,(H,25,27). The van der Waals surface area contributed by atoms with Crippen LogP contribution in [-0.4, -0.2) is 43.7 Å². The number of pyridine rings is 1. The van der Waals surface area contributed by atoms with Crippen LogP contribution >= 0.6 is 11.6 Å². The molecule has 1 aliphatic rings. The van der Waals surface area contributed by atoms with Gasteiger partial charge < -0.3 is 14.8 Å². The average molecular weight is 427 g/mol. The fraction of sp³-hybridized carbons (Fsp3) is 0.524. The van der Waals surface area contributed by atoms with Crippen molar-refractivity contribution in [2.24, 2.45) is 5.92 Å². The van der Waals surface area contributed by atoms with E-state index in [-0.39, 0.29) is 24.7 Å². The van der Waals surface area contributed by atoms with Gasteiger partial charge in [-0.2, -0.15) is 0 Å². The number of fused-ring (bicyclic) bond motifs is 1. The van der Waals surface area contributed by atoms with Gasteiger partial charge in [0.15, 0.2) is 0 Å². The normalized spacial score (nSPS) is 16.7. The summed E-state index contributed by atoms with van der Waals surface area (Å²) in [5.41, 5.74) is 0.935. The van der Waals surface area contributed by atoms with E-state index in [9.17, 15) is 13.6 Å². The van der Waals surface area contributed by atoms with E-state index in [1.165, 1.54) is 0 Å². The summed E-state index contributed by atoms with van der Waals surface area (Å²) in [4.78, 5) is 17.2. The van der Waals surface area contributed by atoms with Crippen molar-refractivity contribution in [1.29, 1.82) is 0 Å². The maximum atomic E-state index is 13.3. The number of rotatable bonds is 8. The van der Waals surface area contributed by atoms with Gasteiger partial charge >= 0.3 is 0 Å². The van der Waals surface area contributed by atoms with E-state index in [0.717, 1.165) is 6.42 Å². The van der Waals surface area contributed by atoms with Gasteiger partial charge in [0.05, 0.1) is 22.7 Å². The van der Waals surface area contributed by atoms with Gasteiger partial charge in [0.25, 0.3) is 5.91 Å². The first-order chi connectivity index (χ1) is 13.9. The Morgan fingerprint density at radius 3 is 2.72 bits per heavy atom. The van der Waals surface area contributed by atoms with Crippen molar-refractivity contribution in [2.45, 2.75) is 38.0 Å². The van der Waals surface area contributed by atoms with Gasteiger partial charge in [-0.1, -0.05) is 11.6 Å². The first-order valence-electron chi connectivity index (χ1n) is 9.76. The number of benzene rings is 1. The Balaban J connectivity index is 1.67. The van der Waals surface area contributed by atoms with Crippen molar-refractivity contribution in [3.8, 4) is 5.88 Å². The van der Waals surface area contributed by atoms with Gasteiger partial charge in [0, 0.05) is 51.0 Å². The molecule has 0 aliphatic heterocycles. The molecule has 1 fully saturated rings. The number of hydrogen-bond acceptors (Lipinski definition) is 4. The third-order valence-electron chi connectivity index (χ3n) is 5.15. The Kier molecular flexibility index (Phi) is 7.24. The number of ether oxygens (including phenoxy) is 2. The summed E-state index contributed by atoms with van der Waals surface area (Å²) in [5.74, 6) is -2.38. The van der Waals surface area contributed by atoms with Crippen molar-refractivity contribution in [2.75, 3.05) is 26.9 Å². The molecule has 0 unspecified atom stereocenters. The number of aromatic nitrogens is 1. The number of nitrogens with zero attached hydrogens (tertiary/aromatic N) is 1. The highest BCUT2D eigenvalue weighted by atomic mass is 35.5. The van der Waals surface area contributed by atoms with E-state index in [0.29, 0.717) is 60.0 Å². The number of alkyl halides is 2. The molecule has 29 heavy (non-hydrogen) atoms. The van der Waals surface area contributed by atoms with Gasteiger partial charge in [0.2, 0.25) is 11.8 Å². The van der Waals surface area contributed by atoms with Crippen LogP contribution in [0.1, 0.15) is 42.5 Å². The van der Waals surface area contributed by atoms with E-state index in [2.05, 4.69) is 10.3 Å². The Hall–Kier alpha value is -1.99. The van der Waals surface area contributed by atoms with Crippen LogP contribution in [0.4, 0.5) is 8.78 Å². The first-order valence-corrected chi connectivity index (χ1v) is 10.1. The number of carbonyl (C=O) groups excluding carboxylic acids is 1. The van der Waals surface area contributed by atoms with Crippen LogP contribution in [0.5, 0.6) is 5.88 Å². The van der Waals surface area contributed by atoms with Gasteiger partial charge in [-0.25, -0.2) is 13.8 Å². The predicted octanol–water partition coefficient (Wildman–Crippen LogP) is 4.86. The van der Waals surface area contributed by atoms with Crippen molar-refractivity contribution >= 4 is 28.4 Å². The number of methoxy groups -OCH3 is 1. The molecule has 3 rings (SSSR count). The van der Waals surface area contributed by atoms with E-state index in [1.54, 1.807) is 31.4 Å². The molecule has 0 spiro atoms. The Morgan fingerprint density at radius 1 is 1.24 bits per heavy atom. The molecule has 158 valence electrons. The quantitative estimate of drug-likeness (QED) is 0.612. The van der Waals surface area contributed by atoms with Crippen LogP contribution in [0.2, 0.25) is 5.02 Å². The maximum Gasteiger partial charge on any atom is 0.253 e. The highest BCUT2D eigenvalue weighted by Gasteiger charge is 2.34. The minimum atomic E-state index is -2.57. The molecular weight excluding hydrogens is 402 g/mol. The van der Waals surface area contributed by atoms with Crippen LogP contribution in [0, 0.1) is 5.92 Å². The zero-order chi connectivity index (χ0) is 20.9. The third kappa shape index (κ3) is 5.76. The predicted molar refractivity (Wildman–Crippen MR) is 108 cm³/mol. The molecular formula is C21H25ClF2N2O3. The van der Waals surface area contributed by atoms with E-state index in [1.807, 2.05) is 0 Å². The molecule has 0 bridgehead atoms. The minimum Gasteiger partial charge on any atom is -0.478 e. The first kappa shape index (κ1) is 21.7. The lowest BCUT2D eigenvalue weighted by molar-refractivity contribution is -0.0452. The third-order valence-corrected chi connectivity index (χ3v) is 5.47. The number of carbonyl (C=O) groups is 1. The van der Waals surface area contributed by atoms with Gasteiger partial charge in [-0.15, -0.1) is 0 Å². The molecule has 0 saturated heterocycles. The molecule has 5 nitrogen and oxygen atoms in total. The SMILES string of the molecule is COCCCOc1ccc2c(C(=O)NCC3CCC(F)(F)CC3)c(Cl)ccc2n1. The van der Waals surface area contributed by atoms with Crippen LogP contribution in [0.3, 0.4) is 0 Å². The fourth-order valence-electron chi connectivity index (χ4n) is 3.48. The van der Waals surface area contributed by atoms with E-state index in [4.69, 9.17) is 21.1 Å². The summed E-state index contributed by atoms with van der Waals surface area (Å²) in [6.07, 6.45) is 1.31. The molecule has 1 aliphatic carbocycles. The molecule has 1 amide bonds. The Labute approximate surface area is 173 Å². The lowest BCUT2D eigenvalue weighted by Gasteiger charge is -2.28. The van der Waals surface area contributed by atoms with Gasteiger partial charge in [-0.3, -0.25) is 4.79 Å². The highest BCUT2D eigenvalue weighted by molar-refractivity contribution is 6.35. The van der Waals surface area contributed by atoms with Crippen molar-refractivity contribution < 1.29 is 23.0 Å². The van der Waals surface area contributed by atoms with E-state index >= 15 is 0 Å². The van der Waals surface area contributed by atoms with Gasteiger partial charge in [0.1, 0.15) is 0 Å². The second-order valence-corrected chi connectivity index (χ2v) is 7.75.